The highest BCUT2D eigenvalue weighted by Crippen LogP contribution is 2.11. The van der Waals surface area contributed by atoms with Crippen molar-refractivity contribution in [2.75, 3.05) is 0 Å². The summed E-state index contributed by atoms with van der Waals surface area (Å²) in [5.74, 6) is 6.26. The van der Waals surface area contributed by atoms with Gasteiger partial charge in [0.2, 0.25) is 0 Å². The molecule has 1 atom stereocenters. The predicted molar refractivity (Wildman–Crippen MR) is 57.6 cm³/mol. The van der Waals surface area contributed by atoms with Gasteiger partial charge in [-0.1, -0.05) is 6.92 Å². The van der Waals surface area contributed by atoms with Crippen LogP contribution in [0.1, 0.15) is 53.9 Å². The van der Waals surface area contributed by atoms with Crippen LogP contribution in [-0.4, -0.2) is 11.7 Å². The summed E-state index contributed by atoms with van der Waals surface area (Å²) in [6.45, 7) is 10.4. The largest absolute Gasteiger partial charge is 0.372 e. The van der Waals surface area contributed by atoms with E-state index >= 15 is 0 Å². The summed E-state index contributed by atoms with van der Waals surface area (Å²) >= 11 is 0. The van der Waals surface area contributed by atoms with Gasteiger partial charge < -0.3 is 4.74 Å². The Hall–Kier alpha value is -0.480. The Balaban J connectivity index is 3.65. The zero-order chi connectivity index (χ0) is 10.3. The van der Waals surface area contributed by atoms with E-state index in [-0.39, 0.29) is 11.7 Å². The van der Waals surface area contributed by atoms with Crippen LogP contribution in [0.4, 0.5) is 0 Å². The summed E-state index contributed by atoms with van der Waals surface area (Å²) in [6.07, 6.45) is 3.23. The summed E-state index contributed by atoms with van der Waals surface area (Å²) < 4.78 is 5.72. The van der Waals surface area contributed by atoms with Gasteiger partial charge in [-0.2, -0.15) is 0 Å². The Morgan fingerprint density at radius 2 is 1.85 bits per heavy atom. The zero-order valence-corrected chi connectivity index (χ0v) is 9.61. The molecule has 13 heavy (non-hydrogen) atoms. The van der Waals surface area contributed by atoms with Gasteiger partial charge in [-0.15, -0.1) is 11.8 Å². The summed E-state index contributed by atoms with van der Waals surface area (Å²) in [6, 6.07) is 0. The molecule has 0 aliphatic heterocycles. The third kappa shape index (κ3) is 9.43. The van der Waals surface area contributed by atoms with Gasteiger partial charge in [0.1, 0.15) is 0 Å². The molecule has 0 aliphatic carbocycles. The standard InChI is InChI=1S/C12H22O/c1-6-7-8-9-10-11(2)13-12(3,4)5/h11H,6-7,10H2,1-5H3. The molecule has 0 saturated heterocycles. The summed E-state index contributed by atoms with van der Waals surface area (Å²) in [7, 11) is 0. The first-order valence-corrected chi connectivity index (χ1v) is 5.09. The van der Waals surface area contributed by atoms with E-state index in [4.69, 9.17) is 4.74 Å². The minimum absolute atomic E-state index is 0.0497. The van der Waals surface area contributed by atoms with Crippen molar-refractivity contribution in [3.8, 4) is 11.8 Å². The van der Waals surface area contributed by atoms with Gasteiger partial charge >= 0.3 is 0 Å². The number of unbranched alkanes of at least 4 members (excludes halogenated alkanes) is 1. The van der Waals surface area contributed by atoms with Gasteiger partial charge in [0.15, 0.2) is 0 Å². The van der Waals surface area contributed by atoms with Crippen LogP contribution >= 0.6 is 0 Å². The molecule has 0 heterocycles. The van der Waals surface area contributed by atoms with E-state index in [0.717, 1.165) is 19.3 Å². The normalized spacial score (nSPS) is 13.3. The van der Waals surface area contributed by atoms with Gasteiger partial charge in [0.05, 0.1) is 11.7 Å². The van der Waals surface area contributed by atoms with Crippen molar-refractivity contribution in [3.05, 3.63) is 0 Å². The molecule has 0 spiro atoms. The van der Waals surface area contributed by atoms with Gasteiger partial charge in [0, 0.05) is 12.8 Å². The first-order valence-electron chi connectivity index (χ1n) is 5.09. The fourth-order valence-corrected chi connectivity index (χ4v) is 1.07. The lowest BCUT2D eigenvalue weighted by Gasteiger charge is -2.23. The van der Waals surface area contributed by atoms with Crippen molar-refractivity contribution < 1.29 is 4.74 Å². The average Bonchev–Trinajstić information content (AvgIpc) is 1.94. The molecule has 0 aromatic rings. The molecule has 0 aromatic heterocycles. The molecule has 0 fully saturated rings. The lowest BCUT2D eigenvalue weighted by Crippen LogP contribution is -2.25. The molecule has 0 radical (unpaired) electrons. The Morgan fingerprint density at radius 1 is 1.23 bits per heavy atom. The van der Waals surface area contributed by atoms with Crippen LogP contribution in [0, 0.1) is 11.8 Å². The fraction of sp³-hybridized carbons (Fsp3) is 0.833. The number of hydrogen-bond donors (Lipinski definition) is 0. The summed E-state index contributed by atoms with van der Waals surface area (Å²) in [5, 5.41) is 0. The SMILES string of the molecule is CCCC#CCC(C)OC(C)(C)C. The first-order chi connectivity index (χ1) is 5.95. The van der Waals surface area contributed by atoms with Gasteiger partial charge in [-0.3, -0.25) is 0 Å². The number of rotatable bonds is 3. The third-order valence-electron chi connectivity index (χ3n) is 1.44. The Morgan fingerprint density at radius 3 is 2.31 bits per heavy atom. The minimum Gasteiger partial charge on any atom is -0.372 e. The van der Waals surface area contributed by atoms with Gasteiger partial charge in [-0.25, -0.2) is 0 Å². The molecule has 0 amide bonds. The number of hydrogen-bond acceptors (Lipinski definition) is 1. The second-order valence-electron chi connectivity index (χ2n) is 4.35. The molecule has 76 valence electrons. The molecule has 0 rings (SSSR count). The van der Waals surface area contributed by atoms with Crippen LogP contribution in [0.2, 0.25) is 0 Å². The smallest absolute Gasteiger partial charge is 0.0663 e. The predicted octanol–water partition coefficient (Wildman–Crippen LogP) is 3.38. The molecule has 0 aromatic carbocycles. The quantitative estimate of drug-likeness (QED) is 0.608. The molecule has 1 unspecified atom stereocenters. The molecule has 1 heteroatoms. The zero-order valence-electron chi connectivity index (χ0n) is 9.61. The van der Waals surface area contributed by atoms with Gasteiger partial charge in [-0.05, 0) is 34.1 Å². The third-order valence-corrected chi connectivity index (χ3v) is 1.44. The Bertz CT molecular complexity index is 178. The van der Waals surface area contributed by atoms with Crippen molar-refractivity contribution in [3.63, 3.8) is 0 Å². The Kier molecular flexibility index (Phi) is 5.82. The van der Waals surface area contributed by atoms with Crippen LogP contribution in [0.15, 0.2) is 0 Å². The minimum atomic E-state index is -0.0497. The second-order valence-corrected chi connectivity index (χ2v) is 4.35. The highest BCUT2D eigenvalue weighted by atomic mass is 16.5. The summed E-state index contributed by atoms with van der Waals surface area (Å²) in [4.78, 5) is 0. The molecular weight excluding hydrogens is 160 g/mol. The van der Waals surface area contributed by atoms with Crippen LogP contribution in [0.25, 0.3) is 0 Å². The highest BCUT2D eigenvalue weighted by Gasteiger charge is 2.13. The molecular formula is C12H22O. The maximum Gasteiger partial charge on any atom is 0.0663 e. The van der Waals surface area contributed by atoms with Crippen molar-refractivity contribution in [1.82, 2.24) is 0 Å². The van der Waals surface area contributed by atoms with Crippen LogP contribution < -0.4 is 0 Å². The second kappa shape index (κ2) is 6.05. The molecule has 0 saturated carbocycles. The van der Waals surface area contributed by atoms with Crippen LogP contribution in [-0.2, 0) is 4.74 Å². The monoisotopic (exact) mass is 182 g/mol. The highest BCUT2D eigenvalue weighted by molar-refractivity contribution is 4.99. The van der Waals surface area contributed by atoms with E-state index in [9.17, 15) is 0 Å². The van der Waals surface area contributed by atoms with E-state index in [2.05, 4.69) is 46.5 Å². The van der Waals surface area contributed by atoms with E-state index in [0.29, 0.717) is 0 Å². The average molecular weight is 182 g/mol. The molecule has 0 bridgehead atoms. The van der Waals surface area contributed by atoms with E-state index in [1.54, 1.807) is 0 Å². The van der Waals surface area contributed by atoms with Crippen LogP contribution in [0.3, 0.4) is 0 Å². The topological polar surface area (TPSA) is 9.23 Å². The van der Waals surface area contributed by atoms with E-state index in [1.165, 1.54) is 0 Å². The Labute approximate surface area is 82.9 Å². The lowest BCUT2D eigenvalue weighted by atomic mass is 10.1. The number of ether oxygens (including phenoxy) is 1. The lowest BCUT2D eigenvalue weighted by molar-refractivity contribution is -0.0485. The molecule has 0 aliphatic rings. The van der Waals surface area contributed by atoms with Gasteiger partial charge in [0.25, 0.3) is 0 Å². The van der Waals surface area contributed by atoms with E-state index < -0.39 is 0 Å². The fourth-order valence-electron chi connectivity index (χ4n) is 1.07. The molecule has 1 nitrogen and oxygen atoms in total. The first kappa shape index (κ1) is 12.5. The maximum absolute atomic E-state index is 5.72. The van der Waals surface area contributed by atoms with E-state index in [1.807, 2.05) is 0 Å². The summed E-state index contributed by atoms with van der Waals surface area (Å²) in [5.41, 5.74) is -0.0497. The molecule has 0 N–H and O–H groups in total. The van der Waals surface area contributed by atoms with Crippen LogP contribution in [0.5, 0.6) is 0 Å². The maximum atomic E-state index is 5.72. The van der Waals surface area contributed by atoms with Crippen molar-refractivity contribution in [1.29, 1.82) is 0 Å². The van der Waals surface area contributed by atoms with Crippen molar-refractivity contribution in [2.45, 2.75) is 65.6 Å². The van der Waals surface area contributed by atoms with Crippen molar-refractivity contribution >= 4 is 0 Å². The van der Waals surface area contributed by atoms with Crippen molar-refractivity contribution in [2.24, 2.45) is 0 Å².